The molecule has 0 aromatic heterocycles. The Morgan fingerprint density at radius 3 is 1.47 bits per heavy atom. The van der Waals surface area contributed by atoms with E-state index in [0.717, 1.165) is 33.8 Å². The van der Waals surface area contributed by atoms with Crippen LogP contribution >= 0.6 is 0 Å². The topological polar surface area (TPSA) is 46.4 Å². The van der Waals surface area contributed by atoms with Gasteiger partial charge >= 0.3 is 0 Å². The molecule has 0 fully saturated rings. The molecule has 0 saturated carbocycles. The SMILES string of the molecule is C=C(c1ccc(N(c2ccccc2)c2ccccc2)cc1)c1ccc([N+](=O)[O-])cc1. The Labute approximate surface area is 175 Å². The van der Waals surface area contributed by atoms with Gasteiger partial charge in [-0.25, -0.2) is 0 Å². The maximum Gasteiger partial charge on any atom is 0.269 e. The van der Waals surface area contributed by atoms with Crippen molar-refractivity contribution in [1.82, 2.24) is 0 Å². The summed E-state index contributed by atoms with van der Waals surface area (Å²) in [5.74, 6) is 0. The van der Waals surface area contributed by atoms with Crippen molar-refractivity contribution < 1.29 is 4.92 Å². The zero-order valence-corrected chi connectivity index (χ0v) is 16.3. The maximum atomic E-state index is 10.9. The van der Waals surface area contributed by atoms with Crippen molar-refractivity contribution in [3.05, 3.63) is 137 Å². The number of rotatable bonds is 6. The fourth-order valence-electron chi connectivity index (χ4n) is 3.36. The minimum absolute atomic E-state index is 0.0725. The first-order valence-electron chi connectivity index (χ1n) is 9.58. The predicted molar refractivity (Wildman–Crippen MR) is 122 cm³/mol. The van der Waals surface area contributed by atoms with Crippen LogP contribution in [0.2, 0.25) is 0 Å². The summed E-state index contributed by atoms with van der Waals surface area (Å²) < 4.78 is 0. The van der Waals surface area contributed by atoms with E-state index in [2.05, 4.69) is 47.9 Å². The monoisotopic (exact) mass is 392 g/mol. The van der Waals surface area contributed by atoms with Gasteiger partial charge < -0.3 is 4.90 Å². The summed E-state index contributed by atoms with van der Waals surface area (Å²) in [6.45, 7) is 4.18. The molecule has 4 heteroatoms. The summed E-state index contributed by atoms with van der Waals surface area (Å²) in [5, 5.41) is 10.9. The second-order valence-corrected chi connectivity index (χ2v) is 6.84. The van der Waals surface area contributed by atoms with Crippen molar-refractivity contribution in [1.29, 1.82) is 0 Å². The van der Waals surface area contributed by atoms with Crippen LogP contribution in [0.4, 0.5) is 22.7 Å². The molecule has 0 heterocycles. The average molecular weight is 392 g/mol. The Morgan fingerprint density at radius 2 is 1.03 bits per heavy atom. The quantitative estimate of drug-likeness (QED) is 0.259. The van der Waals surface area contributed by atoms with Crippen LogP contribution in [-0.2, 0) is 0 Å². The highest BCUT2D eigenvalue weighted by Gasteiger charge is 2.12. The van der Waals surface area contributed by atoms with Gasteiger partial charge in [0.2, 0.25) is 0 Å². The second-order valence-electron chi connectivity index (χ2n) is 6.84. The van der Waals surface area contributed by atoms with Gasteiger partial charge in [0.25, 0.3) is 5.69 Å². The van der Waals surface area contributed by atoms with Gasteiger partial charge in [0.1, 0.15) is 0 Å². The Balaban J connectivity index is 1.65. The first-order valence-corrected chi connectivity index (χ1v) is 9.58. The highest BCUT2D eigenvalue weighted by molar-refractivity contribution is 5.81. The molecular weight excluding hydrogens is 372 g/mol. The van der Waals surface area contributed by atoms with Gasteiger partial charge in [-0.1, -0.05) is 55.1 Å². The Kier molecular flexibility index (Phi) is 5.39. The number of para-hydroxylation sites is 2. The van der Waals surface area contributed by atoms with Crippen LogP contribution in [0.1, 0.15) is 11.1 Å². The number of anilines is 3. The van der Waals surface area contributed by atoms with E-state index in [0.29, 0.717) is 0 Å². The zero-order chi connectivity index (χ0) is 20.9. The van der Waals surface area contributed by atoms with Gasteiger partial charge in [-0.05, 0) is 65.2 Å². The number of hydrogen-bond donors (Lipinski definition) is 0. The molecule has 0 atom stereocenters. The molecule has 4 aromatic carbocycles. The van der Waals surface area contributed by atoms with Crippen molar-refractivity contribution >= 4 is 28.3 Å². The predicted octanol–water partition coefficient (Wildman–Crippen LogP) is 7.13. The van der Waals surface area contributed by atoms with Gasteiger partial charge in [0.05, 0.1) is 4.92 Å². The highest BCUT2D eigenvalue weighted by atomic mass is 16.6. The van der Waals surface area contributed by atoms with E-state index in [1.165, 1.54) is 12.1 Å². The summed E-state index contributed by atoms with van der Waals surface area (Å²) in [5.41, 5.74) is 5.90. The van der Waals surface area contributed by atoms with E-state index in [-0.39, 0.29) is 5.69 Å². The molecule has 4 rings (SSSR count). The fraction of sp³-hybridized carbons (Fsp3) is 0. The van der Waals surface area contributed by atoms with E-state index in [1.807, 2.05) is 48.5 Å². The average Bonchev–Trinajstić information content (AvgIpc) is 2.81. The molecule has 0 saturated heterocycles. The first kappa shape index (κ1) is 19.2. The van der Waals surface area contributed by atoms with Crippen molar-refractivity contribution in [3.8, 4) is 0 Å². The van der Waals surface area contributed by atoms with Crippen LogP contribution in [0.25, 0.3) is 5.57 Å². The lowest BCUT2D eigenvalue weighted by Gasteiger charge is -2.25. The van der Waals surface area contributed by atoms with Gasteiger partial charge in [0.15, 0.2) is 0 Å². The minimum atomic E-state index is -0.400. The molecule has 0 spiro atoms. The van der Waals surface area contributed by atoms with Crippen LogP contribution in [0.3, 0.4) is 0 Å². The summed E-state index contributed by atoms with van der Waals surface area (Å²) in [7, 11) is 0. The Hall–Kier alpha value is -4.18. The number of nitrogens with zero attached hydrogens (tertiary/aromatic N) is 2. The Bertz CT molecular complexity index is 1110. The summed E-state index contributed by atoms with van der Waals surface area (Å²) in [6, 6.07) is 35.1. The van der Waals surface area contributed by atoms with Crippen LogP contribution in [0.15, 0.2) is 116 Å². The molecule has 0 aliphatic rings. The van der Waals surface area contributed by atoms with Crippen molar-refractivity contribution in [2.45, 2.75) is 0 Å². The van der Waals surface area contributed by atoms with Crippen LogP contribution in [0, 0.1) is 10.1 Å². The third-order valence-corrected chi connectivity index (χ3v) is 4.93. The van der Waals surface area contributed by atoms with Gasteiger partial charge in [-0.15, -0.1) is 0 Å². The number of hydrogen-bond acceptors (Lipinski definition) is 3. The molecule has 0 unspecified atom stereocenters. The molecule has 0 radical (unpaired) electrons. The number of nitro benzene ring substituents is 1. The Morgan fingerprint density at radius 1 is 0.633 bits per heavy atom. The maximum absolute atomic E-state index is 10.9. The lowest BCUT2D eigenvalue weighted by atomic mass is 9.99. The molecule has 0 amide bonds. The molecule has 0 aliphatic heterocycles. The molecule has 0 aliphatic carbocycles. The van der Waals surface area contributed by atoms with Crippen LogP contribution in [0.5, 0.6) is 0 Å². The second kappa shape index (κ2) is 8.45. The minimum Gasteiger partial charge on any atom is -0.311 e. The molecule has 146 valence electrons. The zero-order valence-electron chi connectivity index (χ0n) is 16.3. The van der Waals surface area contributed by atoms with E-state index in [1.54, 1.807) is 12.1 Å². The third kappa shape index (κ3) is 3.98. The van der Waals surface area contributed by atoms with Crippen molar-refractivity contribution in [2.75, 3.05) is 4.90 Å². The van der Waals surface area contributed by atoms with Gasteiger partial charge in [0, 0.05) is 29.2 Å². The summed E-state index contributed by atoms with van der Waals surface area (Å²) in [4.78, 5) is 12.7. The normalized spacial score (nSPS) is 10.4. The van der Waals surface area contributed by atoms with Crippen LogP contribution in [-0.4, -0.2) is 4.92 Å². The number of nitro groups is 1. The number of non-ortho nitro benzene ring substituents is 1. The molecule has 0 N–H and O–H groups in total. The lowest BCUT2D eigenvalue weighted by Crippen LogP contribution is -2.09. The molecule has 4 nitrogen and oxygen atoms in total. The van der Waals surface area contributed by atoms with Gasteiger partial charge in [-0.3, -0.25) is 10.1 Å². The van der Waals surface area contributed by atoms with E-state index in [4.69, 9.17) is 0 Å². The molecular formula is C26H20N2O2. The molecule has 4 aromatic rings. The van der Waals surface area contributed by atoms with Crippen LogP contribution < -0.4 is 4.90 Å². The molecule has 0 bridgehead atoms. The smallest absolute Gasteiger partial charge is 0.269 e. The van der Waals surface area contributed by atoms with E-state index >= 15 is 0 Å². The van der Waals surface area contributed by atoms with E-state index < -0.39 is 4.92 Å². The largest absolute Gasteiger partial charge is 0.311 e. The fourth-order valence-corrected chi connectivity index (χ4v) is 3.36. The van der Waals surface area contributed by atoms with Crippen molar-refractivity contribution in [2.24, 2.45) is 0 Å². The summed E-state index contributed by atoms with van der Waals surface area (Å²) >= 11 is 0. The number of benzene rings is 4. The first-order chi connectivity index (χ1) is 14.6. The standard InChI is InChI=1S/C26H20N2O2/c1-20(22-14-18-26(19-15-22)28(29)30)21-12-16-25(17-13-21)27(23-8-4-2-5-9-23)24-10-6-3-7-11-24/h2-19H,1H2. The highest BCUT2D eigenvalue weighted by Crippen LogP contribution is 2.35. The summed E-state index contributed by atoms with van der Waals surface area (Å²) in [6.07, 6.45) is 0. The van der Waals surface area contributed by atoms with Gasteiger partial charge in [-0.2, -0.15) is 0 Å². The third-order valence-electron chi connectivity index (χ3n) is 4.93. The van der Waals surface area contributed by atoms with E-state index in [9.17, 15) is 10.1 Å². The lowest BCUT2D eigenvalue weighted by molar-refractivity contribution is -0.384. The van der Waals surface area contributed by atoms with Crippen molar-refractivity contribution in [3.63, 3.8) is 0 Å². The molecule has 30 heavy (non-hydrogen) atoms.